The van der Waals surface area contributed by atoms with E-state index in [9.17, 15) is 4.79 Å². The molecule has 1 N–H and O–H groups in total. The molecule has 2 heterocycles. The number of nitrogens with zero attached hydrogens (tertiary/aromatic N) is 1. The van der Waals surface area contributed by atoms with Crippen LogP contribution < -0.4 is 0 Å². The molecule has 88 valence electrons. The van der Waals surface area contributed by atoms with E-state index >= 15 is 0 Å². The van der Waals surface area contributed by atoms with Crippen molar-refractivity contribution in [2.24, 2.45) is 0 Å². The third-order valence-corrected chi connectivity index (χ3v) is 4.67. The molecule has 0 saturated heterocycles. The monoisotopic (exact) mass is 349 g/mol. The SMILES string of the molecule is O=C(O)c1cc(Sc2ncc(Br)cc2Cl)cs1. The lowest BCUT2D eigenvalue weighted by Crippen LogP contribution is -1.89. The zero-order valence-electron chi connectivity index (χ0n) is 8.18. The zero-order valence-corrected chi connectivity index (χ0v) is 12.2. The molecular weight excluding hydrogens is 346 g/mol. The molecule has 0 unspecified atom stereocenters. The highest BCUT2D eigenvalue weighted by Crippen LogP contribution is 2.35. The van der Waals surface area contributed by atoms with Crippen molar-refractivity contribution in [3.8, 4) is 0 Å². The van der Waals surface area contributed by atoms with Gasteiger partial charge in [0.1, 0.15) is 9.90 Å². The number of hydrogen-bond donors (Lipinski definition) is 1. The van der Waals surface area contributed by atoms with Gasteiger partial charge in [0.2, 0.25) is 0 Å². The first-order chi connectivity index (χ1) is 8.06. The van der Waals surface area contributed by atoms with Crippen LogP contribution in [0.1, 0.15) is 9.67 Å². The van der Waals surface area contributed by atoms with Gasteiger partial charge in [-0.15, -0.1) is 11.3 Å². The Morgan fingerprint density at radius 1 is 1.53 bits per heavy atom. The minimum Gasteiger partial charge on any atom is -0.477 e. The Balaban J connectivity index is 2.22. The Hall–Kier alpha value is -0.560. The fourth-order valence-electron chi connectivity index (χ4n) is 1.07. The number of aromatic carboxylic acids is 1. The summed E-state index contributed by atoms with van der Waals surface area (Å²) in [4.78, 5) is 16.0. The van der Waals surface area contributed by atoms with Crippen LogP contribution in [0.5, 0.6) is 0 Å². The Labute approximate surface area is 119 Å². The van der Waals surface area contributed by atoms with Gasteiger partial charge in [0.25, 0.3) is 0 Å². The van der Waals surface area contributed by atoms with Crippen LogP contribution >= 0.6 is 50.6 Å². The van der Waals surface area contributed by atoms with E-state index in [-0.39, 0.29) is 0 Å². The highest BCUT2D eigenvalue weighted by molar-refractivity contribution is 9.10. The maximum Gasteiger partial charge on any atom is 0.345 e. The van der Waals surface area contributed by atoms with Crippen molar-refractivity contribution in [3.05, 3.63) is 38.1 Å². The summed E-state index contributed by atoms with van der Waals surface area (Å²) in [5.74, 6) is -0.920. The number of carboxylic acids is 1. The summed E-state index contributed by atoms with van der Waals surface area (Å²) < 4.78 is 0.809. The second kappa shape index (κ2) is 5.39. The molecule has 2 rings (SSSR count). The van der Waals surface area contributed by atoms with Gasteiger partial charge in [0, 0.05) is 20.9 Å². The molecule has 0 amide bonds. The highest BCUT2D eigenvalue weighted by Gasteiger charge is 2.10. The van der Waals surface area contributed by atoms with Crippen LogP contribution in [0.25, 0.3) is 0 Å². The van der Waals surface area contributed by atoms with Crippen molar-refractivity contribution >= 4 is 56.6 Å². The van der Waals surface area contributed by atoms with Gasteiger partial charge in [-0.2, -0.15) is 0 Å². The third kappa shape index (κ3) is 3.22. The van der Waals surface area contributed by atoms with E-state index in [0.29, 0.717) is 14.9 Å². The molecule has 7 heteroatoms. The van der Waals surface area contributed by atoms with Crippen molar-refractivity contribution in [1.82, 2.24) is 4.98 Å². The first kappa shape index (κ1) is 12.9. The predicted octanol–water partition coefficient (Wildman–Crippen LogP) is 4.41. The average Bonchev–Trinajstić information content (AvgIpc) is 2.71. The van der Waals surface area contributed by atoms with Crippen molar-refractivity contribution in [3.63, 3.8) is 0 Å². The Kier molecular flexibility index (Phi) is 4.09. The summed E-state index contributed by atoms with van der Waals surface area (Å²) in [5.41, 5.74) is 0. The number of carbonyl (C=O) groups is 1. The van der Waals surface area contributed by atoms with Gasteiger partial charge in [0.05, 0.1) is 5.02 Å². The number of halogens is 2. The highest BCUT2D eigenvalue weighted by atomic mass is 79.9. The van der Waals surface area contributed by atoms with Crippen LogP contribution in [0, 0.1) is 0 Å². The Bertz CT molecular complexity index is 573. The van der Waals surface area contributed by atoms with E-state index in [1.807, 2.05) is 0 Å². The summed E-state index contributed by atoms with van der Waals surface area (Å²) in [7, 11) is 0. The van der Waals surface area contributed by atoms with E-state index in [1.165, 1.54) is 23.1 Å². The number of rotatable bonds is 3. The predicted molar refractivity (Wildman–Crippen MR) is 72.3 cm³/mol. The Morgan fingerprint density at radius 2 is 2.29 bits per heavy atom. The van der Waals surface area contributed by atoms with Crippen LogP contribution in [0.2, 0.25) is 5.02 Å². The van der Waals surface area contributed by atoms with Gasteiger partial charge in [-0.1, -0.05) is 23.4 Å². The number of aromatic nitrogens is 1. The van der Waals surface area contributed by atoms with Crippen LogP contribution in [0.15, 0.2) is 38.1 Å². The number of carboxylic acid groups (broad SMARTS) is 1. The first-order valence-corrected chi connectivity index (χ1v) is 7.23. The van der Waals surface area contributed by atoms with Crippen LogP contribution in [0.3, 0.4) is 0 Å². The lowest BCUT2D eigenvalue weighted by Gasteiger charge is -2.00. The van der Waals surface area contributed by atoms with E-state index < -0.39 is 5.97 Å². The minimum absolute atomic E-state index is 0.306. The van der Waals surface area contributed by atoms with Gasteiger partial charge in [0.15, 0.2) is 0 Å². The standard InChI is InChI=1S/C10H5BrClNO2S2/c11-5-1-7(12)9(13-3-5)17-6-2-8(10(14)15)16-4-6/h1-4H,(H,14,15). The smallest absolute Gasteiger partial charge is 0.345 e. The van der Waals surface area contributed by atoms with Crippen LogP contribution in [0.4, 0.5) is 0 Å². The van der Waals surface area contributed by atoms with E-state index in [1.54, 1.807) is 23.7 Å². The van der Waals surface area contributed by atoms with Crippen LogP contribution in [-0.2, 0) is 0 Å². The number of pyridine rings is 1. The lowest BCUT2D eigenvalue weighted by atomic mass is 10.5. The summed E-state index contributed by atoms with van der Waals surface area (Å²) in [6.07, 6.45) is 1.65. The maximum atomic E-state index is 10.7. The van der Waals surface area contributed by atoms with Gasteiger partial charge in [-0.3, -0.25) is 0 Å². The van der Waals surface area contributed by atoms with Crippen molar-refractivity contribution in [2.45, 2.75) is 9.92 Å². The molecule has 0 atom stereocenters. The van der Waals surface area contributed by atoms with Crippen molar-refractivity contribution in [2.75, 3.05) is 0 Å². The second-order valence-corrected chi connectivity index (χ2v) is 6.29. The molecule has 0 fully saturated rings. The van der Waals surface area contributed by atoms with Gasteiger partial charge < -0.3 is 5.11 Å². The largest absolute Gasteiger partial charge is 0.477 e. The molecule has 2 aromatic rings. The average molecular weight is 351 g/mol. The van der Waals surface area contributed by atoms with E-state index in [4.69, 9.17) is 16.7 Å². The topological polar surface area (TPSA) is 50.2 Å². The lowest BCUT2D eigenvalue weighted by molar-refractivity contribution is 0.0702. The van der Waals surface area contributed by atoms with Crippen molar-refractivity contribution < 1.29 is 9.90 Å². The summed E-state index contributed by atoms with van der Waals surface area (Å²) in [5, 5.41) is 11.8. The third-order valence-electron chi connectivity index (χ3n) is 1.77. The van der Waals surface area contributed by atoms with Gasteiger partial charge in [-0.25, -0.2) is 9.78 Å². The Morgan fingerprint density at radius 3 is 2.88 bits per heavy atom. The molecule has 0 aliphatic carbocycles. The van der Waals surface area contributed by atoms with Gasteiger partial charge >= 0.3 is 5.97 Å². The molecule has 0 aliphatic heterocycles. The maximum absolute atomic E-state index is 10.7. The van der Waals surface area contributed by atoms with E-state index in [0.717, 1.165) is 9.37 Å². The number of thiophene rings is 1. The molecule has 3 nitrogen and oxygen atoms in total. The summed E-state index contributed by atoms with van der Waals surface area (Å²) in [6, 6.07) is 3.36. The number of hydrogen-bond acceptors (Lipinski definition) is 4. The molecule has 0 aromatic carbocycles. The summed E-state index contributed by atoms with van der Waals surface area (Å²) >= 11 is 11.8. The molecule has 0 spiro atoms. The quantitative estimate of drug-likeness (QED) is 0.891. The summed E-state index contributed by atoms with van der Waals surface area (Å²) in [6.45, 7) is 0. The second-order valence-electron chi connectivity index (χ2n) is 2.99. The molecule has 0 saturated carbocycles. The fourth-order valence-corrected chi connectivity index (χ4v) is 3.50. The molecule has 0 radical (unpaired) electrons. The molecule has 17 heavy (non-hydrogen) atoms. The van der Waals surface area contributed by atoms with Crippen molar-refractivity contribution in [1.29, 1.82) is 0 Å². The van der Waals surface area contributed by atoms with Gasteiger partial charge in [-0.05, 0) is 28.1 Å². The molecule has 2 aromatic heterocycles. The molecule has 0 aliphatic rings. The molecular formula is C10H5BrClNO2S2. The molecule has 0 bridgehead atoms. The fraction of sp³-hybridized carbons (Fsp3) is 0. The normalized spacial score (nSPS) is 10.5. The minimum atomic E-state index is -0.920. The van der Waals surface area contributed by atoms with E-state index in [2.05, 4.69) is 20.9 Å². The van der Waals surface area contributed by atoms with Crippen LogP contribution in [-0.4, -0.2) is 16.1 Å². The zero-order chi connectivity index (χ0) is 12.4. The first-order valence-electron chi connectivity index (χ1n) is 4.37.